The highest BCUT2D eigenvalue weighted by molar-refractivity contribution is 5.33. The largest absolute Gasteiger partial charge is 0.319 e. The summed E-state index contributed by atoms with van der Waals surface area (Å²) in [7, 11) is 1.98. The van der Waals surface area contributed by atoms with Crippen molar-refractivity contribution in [3.05, 3.63) is 35.1 Å². The third kappa shape index (κ3) is 4.02. The van der Waals surface area contributed by atoms with Gasteiger partial charge in [0.1, 0.15) is 5.82 Å². The summed E-state index contributed by atoms with van der Waals surface area (Å²) in [4.78, 5) is 2.35. The first-order chi connectivity index (χ1) is 9.21. The predicted octanol–water partition coefficient (Wildman–Crippen LogP) is 2.13. The Labute approximate surface area is 114 Å². The van der Waals surface area contributed by atoms with Crippen LogP contribution in [0.1, 0.15) is 24.0 Å². The first-order valence-corrected chi connectivity index (χ1v) is 6.78. The van der Waals surface area contributed by atoms with Crippen molar-refractivity contribution in [2.24, 2.45) is 5.92 Å². The van der Waals surface area contributed by atoms with Crippen LogP contribution in [0.5, 0.6) is 0 Å². The average Bonchev–Trinajstić information content (AvgIpc) is 2.39. The zero-order valence-electron chi connectivity index (χ0n) is 11.3. The number of hydrogen-bond donors (Lipinski definition) is 1. The number of rotatable bonds is 4. The van der Waals surface area contributed by atoms with Crippen LogP contribution in [0.4, 0.5) is 4.39 Å². The van der Waals surface area contributed by atoms with E-state index in [-0.39, 0.29) is 5.82 Å². The molecule has 1 N–H and O–H groups in total. The Bertz CT molecular complexity index is 465. The monoisotopic (exact) mass is 261 g/mol. The quantitative estimate of drug-likeness (QED) is 0.902. The highest BCUT2D eigenvalue weighted by Gasteiger charge is 2.19. The number of nitrogens with one attached hydrogen (secondary N) is 1. The lowest BCUT2D eigenvalue weighted by atomic mass is 9.97. The zero-order chi connectivity index (χ0) is 13.7. The van der Waals surface area contributed by atoms with Crippen LogP contribution >= 0.6 is 0 Å². The second-order valence-corrected chi connectivity index (χ2v) is 5.26. The smallest absolute Gasteiger partial charge is 0.124 e. The molecule has 1 aromatic carbocycles. The third-order valence-electron chi connectivity index (χ3n) is 3.59. The van der Waals surface area contributed by atoms with Crippen molar-refractivity contribution >= 4 is 0 Å². The van der Waals surface area contributed by atoms with Gasteiger partial charge in [-0.2, -0.15) is 5.26 Å². The number of hydrogen-bond acceptors (Lipinski definition) is 3. The Kier molecular flexibility index (Phi) is 4.89. The summed E-state index contributed by atoms with van der Waals surface area (Å²) >= 11 is 0. The van der Waals surface area contributed by atoms with Crippen LogP contribution in [0.3, 0.4) is 0 Å². The predicted molar refractivity (Wildman–Crippen MR) is 73.0 cm³/mol. The molecule has 1 atom stereocenters. The molecule has 102 valence electrons. The molecule has 1 heterocycles. The molecule has 0 spiro atoms. The Morgan fingerprint density at radius 2 is 2.32 bits per heavy atom. The van der Waals surface area contributed by atoms with Gasteiger partial charge in [0.2, 0.25) is 0 Å². The minimum atomic E-state index is -0.321. The zero-order valence-corrected chi connectivity index (χ0v) is 11.3. The molecule has 1 aliphatic heterocycles. The minimum absolute atomic E-state index is 0.321. The van der Waals surface area contributed by atoms with Gasteiger partial charge in [-0.25, -0.2) is 4.39 Å². The van der Waals surface area contributed by atoms with E-state index in [1.165, 1.54) is 25.0 Å². The number of nitrogens with zero attached hydrogens (tertiary/aromatic N) is 2. The highest BCUT2D eigenvalue weighted by Crippen LogP contribution is 2.19. The van der Waals surface area contributed by atoms with Gasteiger partial charge in [0.25, 0.3) is 0 Å². The van der Waals surface area contributed by atoms with E-state index in [4.69, 9.17) is 5.26 Å². The molecule has 1 fully saturated rings. The fourth-order valence-electron chi connectivity index (χ4n) is 2.81. The Morgan fingerprint density at radius 3 is 3.05 bits per heavy atom. The lowest BCUT2D eigenvalue weighted by Crippen LogP contribution is -2.38. The van der Waals surface area contributed by atoms with Crippen LogP contribution < -0.4 is 5.32 Å². The maximum absolute atomic E-state index is 13.4. The maximum atomic E-state index is 13.4. The third-order valence-corrected chi connectivity index (χ3v) is 3.59. The van der Waals surface area contributed by atoms with E-state index in [1.807, 2.05) is 13.1 Å². The molecular formula is C15H20FN3. The number of benzene rings is 1. The lowest BCUT2D eigenvalue weighted by molar-refractivity contribution is 0.166. The molecule has 0 saturated carbocycles. The number of halogens is 1. The minimum Gasteiger partial charge on any atom is -0.319 e. The summed E-state index contributed by atoms with van der Waals surface area (Å²) in [6.07, 6.45) is 2.44. The SMILES string of the molecule is CNCC1CCCN(Cc2cc(F)cc(C#N)c2)C1. The van der Waals surface area contributed by atoms with Crippen molar-refractivity contribution in [3.8, 4) is 6.07 Å². The number of nitriles is 1. The van der Waals surface area contributed by atoms with E-state index in [2.05, 4.69) is 10.2 Å². The van der Waals surface area contributed by atoms with Crippen LogP contribution in [0.15, 0.2) is 18.2 Å². The van der Waals surface area contributed by atoms with Gasteiger partial charge in [0, 0.05) is 13.1 Å². The average molecular weight is 261 g/mol. The van der Waals surface area contributed by atoms with Crippen LogP contribution in [0.2, 0.25) is 0 Å². The number of likely N-dealkylation sites (tertiary alicyclic amines) is 1. The molecule has 0 radical (unpaired) electrons. The van der Waals surface area contributed by atoms with Crippen LogP contribution in [0.25, 0.3) is 0 Å². The van der Waals surface area contributed by atoms with Crippen LogP contribution in [0, 0.1) is 23.1 Å². The van der Waals surface area contributed by atoms with Crippen molar-refractivity contribution in [1.82, 2.24) is 10.2 Å². The van der Waals surface area contributed by atoms with Crippen molar-refractivity contribution in [2.45, 2.75) is 19.4 Å². The molecular weight excluding hydrogens is 241 g/mol. The van der Waals surface area contributed by atoms with Crippen LogP contribution in [-0.2, 0) is 6.54 Å². The highest BCUT2D eigenvalue weighted by atomic mass is 19.1. The van der Waals surface area contributed by atoms with Gasteiger partial charge in [-0.1, -0.05) is 0 Å². The van der Waals surface area contributed by atoms with Crippen molar-refractivity contribution in [2.75, 3.05) is 26.7 Å². The molecule has 0 amide bonds. The lowest BCUT2D eigenvalue weighted by Gasteiger charge is -2.32. The normalized spacial score (nSPS) is 20.2. The summed E-state index contributed by atoms with van der Waals surface area (Å²) < 4.78 is 13.4. The van der Waals surface area contributed by atoms with Gasteiger partial charge in [-0.05, 0) is 62.7 Å². The molecule has 3 nitrogen and oxygen atoms in total. The second kappa shape index (κ2) is 6.65. The maximum Gasteiger partial charge on any atom is 0.124 e. The van der Waals surface area contributed by atoms with E-state index in [1.54, 1.807) is 6.07 Å². The molecule has 1 saturated heterocycles. The van der Waals surface area contributed by atoms with Gasteiger partial charge < -0.3 is 5.32 Å². The van der Waals surface area contributed by atoms with Gasteiger partial charge in [-0.3, -0.25) is 4.90 Å². The first kappa shape index (κ1) is 14.0. The van der Waals surface area contributed by atoms with Crippen molar-refractivity contribution < 1.29 is 4.39 Å². The summed E-state index contributed by atoms with van der Waals surface area (Å²) in [6, 6.07) is 6.60. The molecule has 0 aromatic heterocycles. The summed E-state index contributed by atoms with van der Waals surface area (Å²) in [6.45, 7) is 3.85. The van der Waals surface area contributed by atoms with Gasteiger partial charge in [0.05, 0.1) is 11.6 Å². The Morgan fingerprint density at radius 1 is 1.47 bits per heavy atom. The summed E-state index contributed by atoms with van der Waals surface area (Å²) in [5, 5.41) is 12.1. The van der Waals surface area contributed by atoms with Crippen molar-refractivity contribution in [1.29, 1.82) is 5.26 Å². The molecule has 1 unspecified atom stereocenters. The topological polar surface area (TPSA) is 39.1 Å². The van der Waals surface area contributed by atoms with E-state index in [9.17, 15) is 4.39 Å². The molecule has 0 bridgehead atoms. The fourth-order valence-corrected chi connectivity index (χ4v) is 2.81. The van der Waals surface area contributed by atoms with Crippen LogP contribution in [-0.4, -0.2) is 31.6 Å². The Balaban J connectivity index is 2.00. The summed E-state index contributed by atoms with van der Waals surface area (Å²) in [5.41, 5.74) is 1.29. The standard InChI is InChI=1S/C15H20FN3/c1-18-9-12-3-2-4-19(10-12)11-14-5-13(8-17)6-15(16)7-14/h5-7,12,18H,2-4,9-11H2,1H3. The molecule has 1 aromatic rings. The molecule has 2 rings (SSSR count). The fraction of sp³-hybridized carbons (Fsp3) is 0.533. The Hall–Kier alpha value is -1.44. The second-order valence-electron chi connectivity index (χ2n) is 5.26. The van der Waals surface area contributed by atoms with Gasteiger partial charge >= 0.3 is 0 Å². The van der Waals surface area contributed by atoms with Gasteiger partial charge in [0.15, 0.2) is 0 Å². The van der Waals surface area contributed by atoms with E-state index in [0.29, 0.717) is 11.5 Å². The molecule has 19 heavy (non-hydrogen) atoms. The number of piperidine rings is 1. The summed E-state index contributed by atoms with van der Waals surface area (Å²) in [5.74, 6) is 0.348. The van der Waals surface area contributed by atoms with E-state index >= 15 is 0 Å². The molecule has 4 heteroatoms. The molecule has 0 aliphatic carbocycles. The van der Waals surface area contributed by atoms with Gasteiger partial charge in [-0.15, -0.1) is 0 Å². The first-order valence-electron chi connectivity index (χ1n) is 6.78. The van der Waals surface area contributed by atoms with E-state index in [0.717, 1.165) is 31.7 Å². The van der Waals surface area contributed by atoms with E-state index < -0.39 is 0 Å². The van der Waals surface area contributed by atoms with Crippen molar-refractivity contribution in [3.63, 3.8) is 0 Å². The molecule has 1 aliphatic rings.